The predicted molar refractivity (Wildman–Crippen MR) is 121 cm³/mol. The maximum Gasteiger partial charge on any atom is 0.0335 e. The summed E-state index contributed by atoms with van der Waals surface area (Å²) < 4.78 is 2.31. The highest BCUT2D eigenvalue weighted by molar-refractivity contribution is 9.11. The number of hydrogen-bond donors (Lipinski definition) is 0. The highest BCUT2D eigenvalue weighted by atomic mass is 79.9. The normalized spacial score (nSPS) is 11.9. The largest absolute Gasteiger partial charge is 0.0622 e. The third-order valence-electron chi connectivity index (χ3n) is 5.24. The summed E-state index contributed by atoms with van der Waals surface area (Å²) in [5.74, 6) is 0. The summed E-state index contributed by atoms with van der Waals surface area (Å²) in [7, 11) is 0. The first-order valence-corrected chi connectivity index (χ1v) is 10.6. The van der Waals surface area contributed by atoms with Crippen LogP contribution in [0.4, 0.5) is 0 Å². The molecule has 0 aliphatic heterocycles. The molecule has 27 heavy (non-hydrogen) atoms. The molecule has 0 nitrogen and oxygen atoms in total. The molecule has 130 valence electrons. The van der Waals surface area contributed by atoms with Gasteiger partial charge in [-0.15, -0.1) is 0 Å². The van der Waals surface area contributed by atoms with Crippen molar-refractivity contribution in [2.75, 3.05) is 0 Å². The molecular formula is C25H16Br2. The molecule has 0 fully saturated rings. The van der Waals surface area contributed by atoms with Gasteiger partial charge in [-0.1, -0.05) is 82.7 Å². The second-order valence-electron chi connectivity index (χ2n) is 6.85. The number of halogens is 2. The van der Waals surface area contributed by atoms with Gasteiger partial charge in [0, 0.05) is 14.5 Å². The van der Waals surface area contributed by atoms with Crippen molar-refractivity contribution in [1.82, 2.24) is 0 Å². The number of fused-ring (bicyclic) bond motifs is 3. The van der Waals surface area contributed by atoms with E-state index in [2.05, 4.69) is 117 Å². The van der Waals surface area contributed by atoms with Crippen LogP contribution in [0.25, 0.3) is 33.4 Å². The molecule has 0 amide bonds. The SMILES string of the molecule is Brc1ccc2c(c1)Cc1c-2cc(-c2ccccc2)c(Br)c1-c1ccccc1. The molecule has 0 heterocycles. The van der Waals surface area contributed by atoms with Crippen molar-refractivity contribution in [1.29, 1.82) is 0 Å². The van der Waals surface area contributed by atoms with Gasteiger partial charge in [-0.2, -0.15) is 0 Å². The molecule has 0 unspecified atom stereocenters. The zero-order chi connectivity index (χ0) is 18.4. The lowest BCUT2D eigenvalue weighted by molar-refractivity contribution is 1.25. The number of hydrogen-bond acceptors (Lipinski definition) is 0. The Balaban J connectivity index is 1.84. The molecule has 0 atom stereocenters. The summed E-state index contributed by atoms with van der Waals surface area (Å²) in [5, 5.41) is 0. The van der Waals surface area contributed by atoms with E-state index in [0.29, 0.717) is 0 Å². The van der Waals surface area contributed by atoms with E-state index in [9.17, 15) is 0 Å². The molecule has 0 saturated carbocycles. The van der Waals surface area contributed by atoms with Crippen LogP contribution in [0.15, 0.2) is 93.9 Å². The van der Waals surface area contributed by atoms with Gasteiger partial charge in [0.05, 0.1) is 0 Å². The van der Waals surface area contributed by atoms with Gasteiger partial charge in [0.2, 0.25) is 0 Å². The van der Waals surface area contributed by atoms with Crippen LogP contribution in [0.2, 0.25) is 0 Å². The van der Waals surface area contributed by atoms with Crippen molar-refractivity contribution < 1.29 is 0 Å². The van der Waals surface area contributed by atoms with Crippen LogP contribution in [0.5, 0.6) is 0 Å². The van der Waals surface area contributed by atoms with Gasteiger partial charge in [-0.3, -0.25) is 0 Å². The molecule has 0 spiro atoms. The summed E-state index contributed by atoms with van der Waals surface area (Å²) >= 11 is 7.59. The topological polar surface area (TPSA) is 0 Å². The first-order chi connectivity index (χ1) is 13.2. The zero-order valence-corrected chi connectivity index (χ0v) is 17.7. The van der Waals surface area contributed by atoms with Crippen molar-refractivity contribution in [3.05, 3.63) is 105 Å². The lowest BCUT2D eigenvalue weighted by Crippen LogP contribution is -1.93. The number of benzene rings is 4. The Morgan fingerprint density at radius 3 is 1.96 bits per heavy atom. The molecule has 0 radical (unpaired) electrons. The average molecular weight is 476 g/mol. The molecule has 0 bridgehead atoms. The minimum Gasteiger partial charge on any atom is -0.0622 e. The fraction of sp³-hybridized carbons (Fsp3) is 0.0400. The summed E-state index contributed by atoms with van der Waals surface area (Å²) in [6, 6.07) is 30.3. The molecule has 2 heteroatoms. The van der Waals surface area contributed by atoms with Gasteiger partial charge >= 0.3 is 0 Å². The highest BCUT2D eigenvalue weighted by Crippen LogP contribution is 2.49. The Hall–Kier alpha value is -2.16. The highest BCUT2D eigenvalue weighted by Gasteiger charge is 2.26. The predicted octanol–water partition coefficient (Wildman–Crippen LogP) is 8.12. The standard InChI is InChI=1S/C25H16Br2/c26-19-11-12-20-18(13-19)14-23-22(20)15-21(16-7-3-1-4-8-16)25(27)24(23)17-9-5-2-6-10-17/h1-13,15H,14H2. The van der Waals surface area contributed by atoms with Crippen molar-refractivity contribution in [2.24, 2.45) is 0 Å². The Morgan fingerprint density at radius 1 is 0.593 bits per heavy atom. The van der Waals surface area contributed by atoms with Crippen molar-refractivity contribution >= 4 is 31.9 Å². The third-order valence-corrected chi connectivity index (χ3v) is 6.56. The maximum atomic E-state index is 3.96. The fourth-order valence-corrected chi connectivity index (χ4v) is 5.24. The molecule has 5 rings (SSSR count). The van der Waals surface area contributed by atoms with Gasteiger partial charge in [0.15, 0.2) is 0 Å². The van der Waals surface area contributed by atoms with E-state index in [1.165, 1.54) is 49.0 Å². The Labute approximate surface area is 176 Å². The average Bonchev–Trinajstić information content (AvgIpc) is 3.05. The minimum atomic E-state index is 0.960. The van der Waals surface area contributed by atoms with Crippen LogP contribution in [0.3, 0.4) is 0 Å². The summed E-state index contributed by atoms with van der Waals surface area (Å²) in [6.45, 7) is 0. The Morgan fingerprint density at radius 2 is 1.26 bits per heavy atom. The van der Waals surface area contributed by atoms with E-state index >= 15 is 0 Å². The van der Waals surface area contributed by atoms with Crippen molar-refractivity contribution in [2.45, 2.75) is 6.42 Å². The smallest absolute Gasteiger partial charge is 0.0335 e. The molecule has 0 aromatic heterocycles. The van der Waals surface area contributed by atoms with Crippen molar-refractivity contribution in [3.63, 3.8) is 0 Å². The molecule has 1 aliphatic rings. The van der Waals surface area contributed by atoms with E-state index in [1.807, 2.05) is 0 Å². The molecule has 0 saturated heterocycles. The van der Waals surface area contributed by atoms with Crippen molar-refractivity contribution in [3.8, 4) is 33.4 Å². The van der Waals surface area contributed by atoms with Crippen LogP contribution in [-0.4, -0.2) is 0 Å². The second-order valence-corrected chi connectivity index (χ2v) is 8.56. The first kappa shape index (κ1) is 17.0. The minimum absolute atomic E-state index is 0.960. The van der Waals surface area contributed by atoms with E-state index < -0.39 is 0 Å². The zero-order valence-electron chi connectivity index (χ0n) is 14.5. The van der Waals surface area contributed by atoms with E-state index in [4.69, 9.17) is 0 Å². The van der Waals surface area contributed by atoms with E-state index in [-0.39, 0.29) is 0 Å². The quantitative estimate of drug-likeness (QED) is 0.242. The molecule has 4 aromatic rings. The van der Waals surface area contributed by atoms with Crippen LogP contribution >= 0.6 is 31.9 Å². The Bertz CT molecular complexity index is 1150. The summed E-state index contributed by atoms with van der Waals surface area (Å²) in [5.41, 5.74) is 10.5. The third kappa shape index (κ3) is 2.88. The van der Waals surface area contributed by atoms with Crippen LogP contribution in [-0.2, 0) is 6.42 Å². The van der Waals surface area contributed by atoms with Crippen LogP contribution in [0.1, 0.15) is 11.1 Å². The Kier molecular flexibility index (Phi) is 4.26. The molecule has 0 N–H and O–H groups in total. The van der Waals surface area contributed by atoms with Crippen LogP contribution < -0.4 is 0 Å². The van der Waals surface area contributed by atoms with Gasteiger partial charge in [0.25, 0.3) is 0 Å². The van der Waals surface area contributed by atoms with E-state index in [1.54, 1.807) is 0 Å². The van der Waals surface area contributed by atoms with Gasteiger partial charge in [-0.05, 0) is 79.5 Å². The van der Waals surface area contributed by atoms with Gasteiger partial charge < -0.3 is 0 Å². The lowest BCUT2D eigenvalue weighted by atomic mass is 9.91. The first-order valence-electron chi connectivity index (χ1n) is 8.97. The van der Waals surface area contributed by atoms with Crippen LogP contribution in [0, 0.1) is 0 Å². The number of rotatable bonds is 2. The molecular weight excluding hydrogens is 460 g/mol. The summed E-state index contributed by atoms with van der Waals surface area (Å²) in [6.07, 6.45) is 0.960. The lowest BCUT2D eigenvalue weighted by Gasteiger charge is -2.17. The monoisotopic (exact) mass is 474 g/mol. The van der Waals surface area contributed by atoms with Gasteiger partial charge in [0.1, 0.15) is 0 Å². The molecule has 4 aromatic carbocycles. The van der Waals surface area contributed by atoms with E-state index in [0.717, 1.165) is 10.9 Å². The fourth-order valence-electron chi connectivity index (χ4n) is 4.02. The molecule has 1 aliphatic carbocycles. The van der Waals surface area contributed by atoms with Gasteiger partial charge in [-0.25, -0.2) is 0 Å². The second kappa shape index (κ2) is 6.78. The maximum absolute atomic E-state index is 3.96. The summed E-state index contributed by atoms with van der Waals surface area (Å²) in [4.78, 5) is 0.